The van der Waals surface area contributed by atoms with Gasteiger partial charge in [-0.15, -0.1) is 0 Å². The van der Waals surface area contributed by atoms with Crippen LogP contribution < -0.4 is 5.32 Å². The lowest BCUT2D eigenvalue weighted by molar-refractivity contribution is 0.210. The van der Waals surface area contributed by atoms with E-state index in [1.807, 2.05) is 0 Å². The summed E-state index contributed by atoms with van der Waals surface area (Å²) in [6.45, 7) is 11.5. The van der Waals surface area contributed by atoms with Crippen LogP contribution in [-0.4, -0.2) is 32.0 Å². The summed E-state index contributed by atoms with van der Waals surface area (Å²) in [5, 5.41) is 3.19. The Morgan fingerprint density at radius 2 is 1.95 bits per heavy atom. The summed E-state index contributed by atoms with van der Waals surface area (Å²) in [4.78, 5) is 0. The maximum Gasteiger partial charge on any atom is 0.154 e. The minimum absolute atomic E-state index is 0.148. The fourth-order valence-electron chi connectivity index (χ4n) is 2.95. The van der Waals surface area contributed by atoms with Gasteiger partial charge in [0.15, 0.2) is 9.84 Å². The van der Waals surface area contributed by atoms with Gasteiger partial charge in [0.1, 0.15) is 0 Å². The summed E-state index contributed by atoms with van der Waals surface area (Å²) in [5.74, 6) is 0.789. The molecule has 3 nitrogen and oxygen atoms in total. The zero-order valence-corrected chi connectivity index (χ0v) is 14.0. The molecule has 1 saturated carbocycles. The first-order valence-corrected chi connectivity index (χ1v) is 9.34. The molecule has 0 aromatic heterocycles. The lowest BCUT2D eigenvalue weighted by atomic mass is 9.75. The summed E-state index contributed by atoms with van der Waals surface area (Å²) in [6, 6.07) is 0.148. The summed E-state index contributed by atoms with van der Waals surface area (Å²) in [7, 11) is -2.98. The van der Waals surface area contributed by atoms with E-state index in [1.165, 1.54) is 0 Å². The quantitative estimate of drug-likeness (QED) is 0.817. The summed E-state index contributed by atoms with van der Waals surface area (Å²) >= 11 is 0. The van der Waals surface area contributed by atoms with E-state index in [2.05, 4.69) is 39.9 Å². The first kappa shape index (κ1) is 17.0. The van der Waals surface area contributed by atoms with Crippen LogP contribution in [0.1, 0.15) is 60.3 Å². The van der Waals surface area contributed by atoms with E-state index < -0.39 is 9.84 Å². The van der Waals surface area contributed by atoms with Crippen molar-refractivity contribution in [3.05, 3.63) is 0 Å². The summed E-state index contributed by atoms with van der Waals surface area (Å²) < 4.78 is 25.2. The Balaban J connectivity index is 2.83. The second-order valence-electron chi connectivity index (χ2n) is 7.16. The van der Waals surface area contributed by atoms with Gasteiger partial charge in [-0.25, -0.2) is 8.42 Å². The van der Waals surface area contributed by atoms with Crippen molar-refractivity contribution in [2.75, 3.05) is 12.3 Å². The van der Waals surface area contributed by atoms with Crippen molar-refractivity contribution in [2.24, 2.45) is 11.3 Å². The van der Waals surface area contributed by atoms with Gasteiger partial charge in [-0.2, -0.15) is 0 Å². The molecule has 1 aliphatic rings. The maximum atomic E-state index is 12.6. The third kappa shape index (κ3) is 5.07. The van der Waals surface area contributed by atoms with E-state index >= 15 is 0 Å². The fourth-order valence-corrected chi connectivity index (χ4v) is 5.49. The van der Waals surface area contributed by atoms with Gasteiger partial charge in [0, 0.05) is 6.04 Å². The van der Waals surface area contributed by atoms with Gasteiger partial charge < -0.3 is 5.32 Å². The normalized spacial score (nSPS) is 27.7. The smallest absolute Gasteiger partial charge is 0.154 e. The minimum atomic E-state index is -2.98. The highest BCUT2D eigenvalue weighted by atomic mass is 32.2. The molecule has 0 aromatic rings. The topological polar surface area (TPSA) is 46.2 Å². The predicted molar refractivity (Wildman–Crippen MR) is 82.1 cm³/mol. The fraction of sp³-hybridized carbons (Fsp3) is 1.00. The largest absolute Gasteiger partial charge is 0.313 e. The molecule has 19 heavy (non-hydrogen) atoms. The standard InChI is InChI=1S/C15H31NO2S/c1-6-16-13-7-9-15(4,5)11-14(13)19(17,18)10-8-12(2)3/h12-14,16H,6-11H2,1-5H3. The van der Waals surface area contributed by atoms with Crippen molar-refractivity contribution < 1.29 is 8.42 Å². The van der Waals surface area contributed by atoms with Crippen molar-refractivity contribution in [2.45, 2.75) is 71.6 Å². The Labute approximate surface area is 119 Å². The first-order valence-electron chi connectivity index (χ1n) is 7.63. The average Bonchev–Trinajstić information content (AvgIpc) is 2.29. The lowest BCUT2D eigenvalue weighted by Gasteiger charge is -2.40. The number of nitrogens with one attached hydrogen (secondary N) is 1. The molecule has 2 unspecified atom stereocenters. The molecule has 1 fully saturated rings. The van der Waals surface area contributed by atoms with Gasteiger partial charge in [-0.3, -0.25) is 0 Å². The average molecular weight is 289 g/mol. The Bertz CT molecular complexity index is 374. The second kappa shape index (κ2) is 6.57. The molecule has 0 heterocycles. The molecule has 0 bridgehead atoms. The Kier molecular flexibility index (Phi) is 5.87. The molecule has 1 aliphatic carbocycles. The monoisotopic (exact) mass is 289 g/mol. The second-order valence-corrected chi connectivity index (χ2v) is 9.50. The van der Waals surface area contributed by atoms with Crippen molar-refractivity contribution in [3.63, 3.8) is 0 Å². The molecule has 0 aliphatic heterocycles. The van der Waals surface area contributed by atoms with Gasteiger partial charge in [-0.05, 0) is 43.6 Å². The minimum Gasteiger partial charge on any atom is -0.313 e. The van der Waals surface area contributed by atoms with Crippen LogP contribution in [0.3, 0.4) is 0 Å². The molecule has 0 aromatic carbocycles. The molecule has 0 saturated heterocycles. The highest BCUT2D eigenvalue weighted by Gasteiger charge is 2.41. The van der Waals surface area contributed by atoms with Crippen LogP contribution >= 0.6 is 0 Å². The van der Waals surface area contributed by atoms with E-state index in [0.29, 0.717) is 11.7 Å². The molecule has 2 atom stereocenters. The Morgan fingerprint density at radius 3 is 2.47 bits per heavy atom. The van der Waals surface area contributed by atoms with E-state index in [1.54, 1.807) is 0 Å². The Hall–Kier alpha value is -0.0900. The molecule has 114 valence electrons. The van der Waals surface area contributed by atoms with Gasteiger partial charge in [-0.1, -0.05) is 34.6 Å². The van der Waals surface area contributed by atoms with E-state index in [0.717, 1.165) is 32.2 Å². The third-order valence-electron chi connectivity index (χ3n) is 4.24. The van der Waals surface area contributed by atoms with E-state index in [-0.39, 0.29) is 16.7 Å². The molecule has 0 spiro atoms. The zero-order chi connectivity index (χ0) is 14.7. The maximum absolute atomic E-state index is 12.6. The van der Waals surface area contributed by atoms with Crippen LogP contribution in [-0.2, 0) is 9.84 Å². The SMILES string of the molecule is CCNC1CCC(C)(C)CC1S(=O)(=O)CCC(C)C. The number of sulfone groups is 1. The van der Waals surface area contributed by atoms with Crippen LogP contribution in [0.15, 0.2) is 0 Å². The van der Waals surface area contributed by atoms with Crippen LogP contribution in [0, 0.1) is 11.3 Å². The van der Waals surface area contributed by atoms with Gasteiger partial charge in [0.25, 0.3) is 0 Å². The molecule has 1 N–H and O–H groups in total. The van der Waals surface area contributed by atoms with Crippen LogP contribution in [0.5, 0.6) is 0 Å². The van der Waals surface area contributed by atoms with Gasteiger partial charge in [0.05, 0.1) is 11.0 Å². The molecular weight excluding hydrogens is 258 g/mol. The van der Waals surface area contributed by atoms with Crippen molar-refractivity contribution in [1.82, 2.24) is 5.32 Å². The number of hydrogen-bond donors (Lipinski definition) is 1. The lowest BCUT2D eigenvalue weighted by Crippen LogP contribution is -2.50. The number of rotatable bonds is 6. The molecule has 0 amide bonds. The highest BCUT2D eigenvalue weighted by molar-refractivity contribution is 7.92. The molecular formula is C15H31NO2S. The van der Waals surface area contributed by atoms with Crippen molar-refractivity contribution >= 4 is 9.84 Å². The van der Waals surface area contributed by atoms with Crippen molar-refractivity contribution in [3.8, 4) is 0 Å². The van der Waals surface area contributed by atoms with Gasteiger partial charge in [0.2, 0.25) is 0 Å². The van der Waals surface area contributed by atoms with Crippen LogP contribution in [0.4, 0.5) is 0 Å². The Morgan fingerprint density at radius 1 is 1.32 bits per heavy atom. The van der Waals surface area contributed by atoms with Crippen LogP contribution in [0.25, 0.3) is 0 Å². The first-order chi connectivity index (χ1) is 8.68. The molecule has 1 rings (SSSR count). The zero-order valence-electron chi connectivity index (χ0n) is 13.2. The molecule has 0 radical (unpaired) electrons. The third-order valence-corrected chi connectivity index (χ3v) is 6.46. The van der Waals surface area contributed by atoms with Gasteiger partial charge >= 0.3 is 0 Å². The summed E-state index contributed by atoms with van der Waals surface area (Å²) in [6.07, 6.45) is 3.66. The van der Waals surface area contributed by atoms with E-state index in [9.17, 15) is 8.42 Å². The predicted octanol–water partition coefficient (Wildman–Crippen LogP) is 3.00. The number of hydrogen-bond acceptors (Lipinski definition) is 3. The van der Waals surface area contributed by atoms with E-state index in [4.69, 9.17) is 0 Å². The summed E-state index contributed by atoms with van der Waals surface area (Å²) in [5.41, 5.74) is 0.154. The van der Waals surface area contributed by atoms with Crippen LogP contribution in [0.2, 0.25) is 0 Å². The molecule has 4 heteroatoms. The van der Waals surface area contributed by atoms with Crippen molar-refractivity contribution in [1.29, 1.82) is 0 Å². The highest BCUT2D eigenvalue weighted by Crippen LogP contribution is 2.38.